The third kappa shape index (κ3) is 3.54. The molecule has 1 amide bonds. The fourth-order valence-electron chi connectivity index (χ4n) is 2.49. The Morgan fingerprint density at radius 3 is 2.46 bits per heavy atom. The van der Waals surface area contributed by atoms with Crippen molar-refractivity contribution < 1.29 is 4.79 Å². The molecule has 24 heavy (non-hydrogen) atoms. The molecular formula is C20H20N2OS. The highest BCUT2D eigenvalue weighted by Crippen LogP contribution is 2.30. The zero-order valence-corrected chi connectivity index (χ0v) is 14.9. The molecule has 0 spiro atoms. The fraction of sp³-hybridized carbons (Fsp3) is 0.200. The summed E-state index contributed by atoms with van der Waals surface area (Å²) in [5.74, 6) is -0.0553. The summed E-state index contributed by atoms with van der Waals surface area (Å²) in [5.41, 5.74) is 5.17. The van der Waals surface area contributed by atoms with Crippen LogP contribution in [0.4, 0.5) is 0 Å². The lowest BCUT2D eigenvalue weighted by Crippen LogP contribution is -2.22. The fourth-order valence-corrected chi connectivity index (χ4v) is 3.58. The van der Waals surface area contributed by atoms with Crippen molar-refractivity contribution in [2.75, 3.05) is 0 Å². The Morgan fingerprint density at radius 2 is 1.75 bits per heavy atom. The second kappa shape index (κ2) is 6.97. The first-order valence-electron chi connectivity index (χ1n) is 7.92. The number of hydrogen-bond donors (Lipinski definition) is 1. The van der Waals surface area contributed by atoms with Crippen molar-refractivity contribution in [2.24, 2.45) is 0 Å². The van der Waals surface area contributed by atoms with Gasteiger partial charge in [-0.3, -0.25) is 4.79 Å². The predicted molar refractivity (Wildman–Crippen MR) is 99.4 cm³/mol. The number of rotatable bonds is 4. The van der Waals surface area contributed by atoms with Crippen LogP contribution in [0.2, 0.25) is 0 Å². The van der Waals surface area contributed by atoms with E-state index in [1.165, 1.54) is 5.56 Å². The van der Waals surface area contributed by atoms with Gasteiger partial charge in [0.15, 0.2) is 0 Å². The molecule has 0 aliphatic heterocycles. The van der Waals surface area contributed by atoms with Crippen LogP contribution >= 0.6 is 11.3 Å². The van der Waals surface area contributed by atoms with E-state index in [1.54, 1.807) is 11.3 Å². The van der Waals surface area contributed by atoms with Gasteiger partial charge in [-0.1, -0.05) is 42.0 Å². The maximum atomic E-state index is 12.2. The molecule has 0 bridgehead atoms. The molecule has 3 nitrogen and oxygen atoms in total. The van der Waals surface area contributed by atoms with Crippen LogP contribution in [-0.4, -0.2) is 10.9 Å². The summed E-state index contributed by atoms with van der Waals surface area (Å²) in [6, 6.07) is 15.8. The zero-order chi connectivity index (χ0) is 17.1. The van der Waals surface area contributed by atoms with Gasteiger partial charge in [0.25, 0.3) is 5.91 Å². The number of carbonyl (C=O) groups excluding carboxylic acids is 1. The monoisotopic (exact) mass is 336 g/mol. The Balaban J connectivity index is 1.73. The molecule has 3 aromatic rings. The van der Waals surface area contributed by atoms with Crippen molar-refractivity contribution in [1.82, 2.24) is 10.3 Å². The third-order valence-corrected chi connectivity index (χ3v) is 5.18. The highest BCUT2D eigenvalue weighted by atomic mass is 32.1. The van der Waals surface area contributed by atoms with Crippen molar-refractivity contribution >= 4 is 17.2 Å². The topological polar surface area (TPSA) is 42.0 Å². The Bertz CT molecular complexity index is 866. The van der Waals surface area contributed by atoms with E-state index in [0.717, 1.165) is 26.7 Å². The Labute approximate surface area is 146 Å². The summed E-state index contributed by atoms with van der Waals surface area (Å²) in [6.45, 7) is 6.59. The number of nitrogens with one attached hydrogen (secondary N) is 1. The van der Waals surface area contributed by atoms with E-state index in [1.807, 2.05) is 50.2 Å². The van der Waals surface area contributed by atoms with E-state index >= 15 is 0 Å². The van der Waals surface area contributed by atoms with Crippen molar-refractivity contribution in [3.05, 3.63) is 75.8 Å². The first-order valence-corrected chi connectivity index (χ1v) is 8.73. The van der Waals surface area contributed by atoms with Crippen LogP contribution in [0.3, 0.4) is 0 Å². The molecule has 0 saturated carbocycles. The molecule has 3 rings (SSSR count). The number of aryl methyl sites for hydroxylation is 3. The smallest absolute Gasteiger partial charge is 0.251 e. The van der Waals surface area contributed by atoms with Crippen molar-refractivity contribution in [1.29, 1.82) is 0 Å². The van der Waals surface area contributed by atoms with E-state index in [-0.39, 0.29) is 5.91 Å². The molecule has 1 aromatic heterocycles. The normalized spacial score (nSPS) is 10.6. The lowest BCUT2D eigenvalue weighted by Gasteiger charge is -2.04. The minimum Gasteiger partial charge on any atom is -0.347 e. The second-order valence-electron chi connectivity index (χ2n) is 5.89. The molecule has 0 aliphatic carbocycles. The van der Waals surface area contributed by atoms with E-state index < -0.39 is 0 Å². The Kier molecular flexibility index (Phi) is 4.76. The van der Waals surface area contributed by atoms with Gasteiger partial charge in [0, 0.05) is 16.0 Å². The van der Waals surface area contributed by atoms with E-state index in [2.05, 4.69) is 29.4 Å². The average Bonchev–Trinajstić information content (AvgIpc) is 2.94. The highest BCUT2D eigenvalue weighted by Gasteiger charge is 2.12. The molecule has 2 aromatic carbocycles. The first kappa shape index (κ1) is 16.4. The zero-order valence-electron chi connectivity index (χ0n) is 14.1. The van der Waals surface area contributed by atoms with Crippen molar-refractivity contribution in [2.45, 2.75) is 27.3 Å². The van der Waals surface area contributed by atoms with Crippen molar-refractivity contribution in [3.8, 4) is 10.6 Å². The lowest BCUT2D eigenvalue weighted by molar-refractivity contribution is 0.0951. The van der Waals surface area contributed by atoms with Crippen LogP contribution in [0.1, 0.15) is 32.1 Å². The number of hydrogen-bond acceptors (Lipinski definition) is 3. The Morgan fingerprint density at radius 1 is 1.04 bits per heavy atom. The van der Waals surface area contributed by atoms with Gasteiger partial charge < -0.3 is 5.32 Å². The second-order valence-corrected chi connectivity index (χ2v) is 6.97. The molecule has 4 heteroatoms. The first-order chi connectivity index (χ1) is 11.5. The molecule has 1 N–H and O–H groups in total. The van der Waals surface area contributed by atoms with Crippen LogP contribution in [0.15, 0.2) is 48.5 Å². The molecule has 0 unspecified atom stereocenters. The van der Waals surface area contributed by atoms with Crippen LogP contribution in [0.25, 0.3) is 10.6 Å². The molecule has 0 saturated heterocycles. The maximum Gasteiger partial charge on any atom is 0.251 e. The van der Waals surface area contributed by atoms with E-state index in [0.29, 0.717) is 12.1 Å². The molecule has 0 aliphatic rings. The van der Waals surface area contributed by atoms with Gasteiger partial charge in [0.2, 0.25) is 0 Å². The molecular weight excluding hydrogens is 316 g/mol. The molecule has 122 valence electrons. The van der Waals surface area contributed by atoms with Gasteiger partial charge in [0.05, 0.1) is 12.2 Å². The lowest BCUT2D eigenvalue weighted by atomic mass is 10.1. The summed E-state index contributed by atoms with van der Waals surface area (Å²) >= 11 is 1.64. The number of aromatic nitrogens is 1. The molecule has 0 fully saturated rings. The third-order valence-electron chi connectivity index (χ3n) is 3.99. The maximum absolute atomic E-state index is 12.2. The average molecular weight is 336 g/mol. The molecule has 0 atom stereocenters. The number of nitrogens with zero attached hydrogens (tertiary/aromatic N) is 1. The van der Waals surface area contributed by atoms with Crippen LogP contribution < -0.4 is 5.32 Å². The van der Waals surface area contributed by atoms with Gasteiger partial charge in [0.1, 0.15) is 5.01 Å². The summed E-state index contributed by atoms with van der Waals surface area (Å²) in [7, 11) is 0. The number of benzene rings is 2. The predicted octanol–water partition coefficient (Wildman–Crippen LogP) is 4.67. The largest absolute Gasteiger partial charge is 0.347 e. The summed E-state index contributed by atoms with van der Waals surface area (Å²) in [6.07, 6.45) is 0. The van der Waals surface area contributed by atoms with E-state index in [4.69, 9.17) is 0 Å². The van der Waals surface area contributed by atoms with Gasteiger partial charge in [-0.15, -0.1) is 11.3 Å². The van der Waals surface area contributed by atoms with Crippen LogP contribution in [0, 0.1) is 20.8 Å². The molecule has 0 radical (unpaired) electrons. The summed E-state index contributed by atoms with van der Waals surface area (Å²) < 4.78 is 0. The summed E-state index contributed by atoms with van der Waals surface area (Å²) in [5, 5.41) is 3.99. The Hall–Kier alpha value is -2.46. The van der Waals surface area contributed by atoms with Gasteiger partial charge in [-0.05, 0) is 38.5 Å². The standard InChI is InChI=1S/C20H20N2OS/c1-13-8-10-16(11-9-13)19(23)21-12-18-15(3)22-20(24-18)17-7-5-4-6-14(17)2/h4-11H,12H2,1-3H3,(H,21,23). The SMILES string of the molecule is Cc1ccc(C(=O)NCc2sc(-c3ccccc3C)nc2C)cc1. The highest BCUT2D eigenvalue weighted by molar-refractivity contribution is 7.15. The quantitative estimate of drug-likeness (QED) is 0.752. The van der Waals surface area contributed by atoms with Gasteiger partial charge in [-0.2, -0.15) is 0 Å². The number of thiazole rings is 1. The van der Waals surface area contributed by atoms with Gasteiger partial charge in [-0.25, -0.2) is 4.98 Å². The van der Waals surface area contributed by atoms with Crippen LogP contribution in [0.5, 0.6) is 0 Å². The number of carbonyl (C=O) groups is 1. The van der Waals surface area contributed by atoms with Crippen LogP contribution in [-0.2, 0) is 6.54 Å². The molecule has 1 heterocycles. The number of amides is 1. The minimum absolute atomic E-state index is 0.0553. The minimum atomic E-state index is -0.0553. The van der Waals surface area contributed by atoms with Crippen molar-refractivity contribution in [3.63, 3.8) is 0 Å². The van der Waals surface area contributed by atoms with Gasteiger partial charge >= 0.3 is 0 Å². The van der Waals surface area contributed by atoms with E-state index in [9.17, 15) is 4.79 Å². The summed E-state index contributed by atoms with van der Waals surface area (Å²) in [4.78, 5) is 18.0.